The third-order valence-electron chi connectivity index (χ3n) is 5.29. The average molecular weight is 413 g/mol. The first kappa shape index (κ1) is 20.7. The van der Waals surface area contributed by atoms with Crippen molar-refractivity contribution in [3.8, 4) is 11.3 Å². The van der Waals surface area contributed by atoms with Crippen molar-refractivity contribution in [1.82, 2.24) is 10.1 Å². The maximum atomic E-state index is 12.6. The van der Waals surface area contributed by atoms with E-state index in [4.69, 9.17) is 4.52 Å². The number of halogens is 1. The maximum Gasteiger partial charge on any atom is 0.323 e. The van der Waals surface area contributed by atoms with E-state index in [1.807, 2.05) is 35.2 Å². The van der Waals surface area contributed by atoms with Crippen LogP contribution in [0, 0.1) is 13.8 Å². The molecule has 3 aromatic rings. The molecule has 0 saturated carbocycles. The van der Waals surface area contributed by atoms with Crippen LogP contribution in [0.5, 0.6) is 0 Å². The van der Waals surface area contributed by atoms with Crippen LogP contribution in [0.4, 0.5) is 16.3 Å². The van der Waals surface area contributed by atoms with Crippen molar-refractivity contribution >= 4 is 29.9 Å². The molecule has 152 valence electrons. The molecule has 0 aliphatic carbocycles. The first-order valence-corrected chi connectivity index (χ1v) is 9.51. The Labute approximate surface area is 176 Å². The molecule has 2 heterocycles. The Morgan fingerprint density at radius 3 is 2.45 bits per heavy atom. The van der Waals surface area contributed by atoms with E-state index in [-0.39, 0.29) is 18.4 Å². The fraction of sp³-hybridized carbons (Fsp3) is 0.273. The van der Waals surface area contributed by atoms with E-state index in [2.05, 4.69) is 47.4 Å². The predicted molar refractivity (Wildman–Crippen MR) is 118 cm³/mol. The average Bonchev–Trinajstić information content (AvgIpc) is 3.19. The van der Waals surface area contributed by atoms with Gasteiger partial charge in [0.05, 0.1) is 0 Å². The van der Waals surface area contributed by atoms with Crippen molar-refractivity contribution in [3.63, 3.8) is 0 Å². The van der Waals surface area contributed by atoms with Crippen LogP contribution in [0.25, 0.3) is 11.3 Å². The van der Waals surface area contributed by atoms with E-state index in [0.717, 1.165) is 18.7 Å². The molecule has 0 unspecified atom stereocenters. The normalized spacial score (nSPS) is 13.7. The van der Waals surface area contributed by atoms with Gasteiger partial charge in [-0.3, -0.25) is 5.32 Å². The van der Waals surface area contributed by atoms with Crippen molar-refractivity contribution in [1.29, 1.82) is 0 Å². The van der Waals surface area contributed by atoms with Crippen LogP contribution in [0.1, 0.15) is 11.1 Å². The lowest BCUT2D eigenvalue weighted by Crippen LogP contribution is -2.50. The van der Waals surface area contributed by atoms with Gasteiger partial charge in [-0.05, 0) is 31.0 Å². The molecular formula is C22H25ClN4O2. The molecule has 1 aromatic heterocycles. The van der Waals surface area contributed by atoms with Crippen LogP contribution in [0.2, 0.25) is 0 Å². The molecule has 29 heavy (non-hydrogen) atoms. The van der Waals surface area contributed by atoms with Gasteiger partial charge in [-0.1, -0.05) is 47.6 Å². The fourth-order valence-electron chi connectivity index (χ4n) is 3.49. The highest BCUT2D eigenvalue weighted by Gasteiger charge is 2.23. The smallest absolute Gasteiger partial charge is 0.323 e. The van der Waals surface area contributed by atoms with Gasteiger partial charge >= 0.3 is 6.03 Å². The van der Waals surface area contributed by atoms with Crippen LogP contribution in [0.3, 0.4) is 0 Å². The Morgan fingerprint density at radius 1 is 1.00 bits per heavy atom. The summed E-state index contributed by atoms with van der Waals surface area (Å²) in [7, 11) is 0. The molecule has 1 fully saturated rings. The zero-order valence-electron chi connectivity index (χ0n) is 16.6. The molecular weight excluding hydrogens is 388 g/mol. The molecule has 2 amide bonds. The zero-order valence-corrected chi connectivity index (χ0v) is 17.4. The van der Waals surface area contributed by atoms with Gasteiger partial charge in [0.25, 0.3) is 0 Å². The van der Waals surface area contributed by atoms with Crippen LogP contribution in [0.15, 0.2) is 59.1 Å². The Morgan fingerprint density at radius 2 is 1.72 bits per heavy atom. The summed E-state index contributed by atoms with van der Waals surface area (Å²) in [6.07, 6.45) is 0. The van der Waals surface area contributed by atoms with Crippen molar-refractivity contribution < 1.29 is 9.32 Å². The number of anilines is 2. The standard InChI is InChI=1S/C22H24N4O2.ClH/c1-16-7-6-10-19(17(16)2)25-11-13-26(14-12-25)22(27)23-21-15-20(28-24-21)18-8-4-3-5-9-18;/h3-10,15H,11-14H2,1-2H3,(H,23,24,27);1H. The van der Waals surface area contributed by atoms with Crippen LogP contribution in [-0.4, -0.2) is 42.3 Å². The van der Waals surface area contributed by atoms with Gasteiger partial charge in [0.15, 0.2) is 11.6 Å². The first-order valence-electron chi connectivity index (χ1n) is 9.51. The van der Waals surface area contributed by atoms with E-state index in [9.17, 15) is 4.79 Å². The second-order valence-electron chi connectivity index (χ2n) is 7.07. The van der Waals surface area contributed by atoms with Gasteiger partial charge in [0, 0.05) is 43.5 Å². The quantitative estimate of drug-likeness (QED) is 0.675. The molecule has 4 rings (SSSR count). The highest BCUT2D eigenvalue weighted by molar-refractivity contribution is 5.89. The number of piperazine rings is 1. The number of nitrogens with zero attached hydrogens (tertiary/aromatic N) is 3. The number of nitrogens with one attached hydrogen (secondary N) is 1. The van der Waals surface area contributed by atoms with Crippen LogP contribution in [-0.2, 0) is 0 Å². The Balaban J connectivity index is 0.00000240. The van der Waals surface area contributed by atoms with Gasteiger partial charge in [0.1, 0.15) is 0 Å². The minimum absolute atomic E-state index is 0. The number of urea groups is 1. The Bertz CT molecular complexity index is 966. The third-order valence-corrected chi connectivity index (χ3v) is 5.29. The van der Waals surface area contributed by atoms with Crippen molar-refractivity contribution in [3.05, 3.63) is 65.7 Å². The lowest BCUT2D eigenvalue weighted by molar-refractivity contribution is 0.208. The SMILES string of the molecule is Cc1cccc(N2CCN(C(=O)Nc3cc(-c4ccccc4)on3)CC2)c1C.Cl. The summed E-state index contributed by atoms with van der Waals surface area (Å²) in [6.45, 7) is 7.24. The van der Waals surface area contributed by atoms with Crippen molar-refractivity contribution in [2.24, 2.45) is 0 Å². The molecule has 1 aliphatic heterocycles. The van der Waals surface area contributed by atoms with E-state index >= 15 is 0 Å². The van der Waals surface area contributed by atoms with Gasteiger partial charge < -0.3 is 14.3 Å². The van der Waals surface area contributed by atoms with Gasteiger partial charge in [-0.15, -0.1) is 12.4 Å². The third kappa shape index (κ3) is 4.54. The number of aryl methyl sites for hydroxylation is 1. The van der Waals surface area contributed by atoms with Crippen molar-refractivity contribution in [2.75, 3.05) is 36.4 Å². The molecule has 6 nitrogen and oxygen atoms in total. The summed E-state index contributed by atoms with van der Waals surface area (Å²) in [5.74, 6) is 1.07. The number of hydrogen-bond acceptors (Lipinski definition) is 4. The van der Waals surface area contributed by atoms with Crippen LogP contribution >= 0.6 is 12.4 Å². The molecule has 0 radical (unpaired) electrons. The summed E-state index contributed by atoms with van der Waals surface area (Å²) < 4.78 is 5.35. The summed E-state index contributed by atoms with van der Waals surface area (Å²) in [6, 6.07) is 17.7. The van der Waals surface area contributed by atoms with E-state index in [1.54, 1.807) is 6.07 Å². The maximum absolute atomic E-state index is 12.6. The summed E-state index contributed by atoms with van der Waals surface area (Å²) in [4.78, 5) is 16.8. The van der Waals surface area contributed by atoms with Gasteiger partial charge in [0.2, 0.25) is 0 Å². The lowest BCUT2D eigenvalue weighted by Gasteiger charge is -2.36. The van der Waals surface area contributed by atoms with Crippen LogP contribution < -0.4 is 10.2 Å². The molecule has 1 N–H and O–H groups in total. The van der Waals surface area contributed by atoms with E-state index < -0.39 is 0 Å². The van der Waals surface area contributed by atoms with E-state index in [0.29, 0.717) is 24.7 Å². The number of rotatable bonds is 3. The van der Waals surface area contributed by atoms with Gasteiger partial charge in [-0.25, -0.2) is 4.79 Å². The molecule has 1 aliphatic rings. The first-order chi connectivity index (χ1) is 13.6. The summed E-state index contributed by atoms with van der Waals surface area (Å²) in [5, 5.41) is 6.81. The van der Waals surface area contributed by atoms with Gasteiger partial charge in [-0.2, -0.15) is 0 Å². The van der Waals surface area contributed by atoms with E-state index in [1.165, 1.54) is 16.8 Å². The monoisotopic (exact) mass is 412 g/mol. The highest BCUT2D eigenvalue weighted by atomic mass is 35.5. The number of carbonyl (C=O) groups is 1. The molecule has 2 aromatic carbocycles. The number of benzene rings is 2. The second-order valence-corrected chi connectivity index (χ2v) is 7.07. The fourth-order valence-corrected chi connectivity index (χ4v) is 3.49. The lowest BCUT2D eigenvalue weighted by atomic mass is 10.1. The topological polar surface area (TPSA) is 61.6 Å². The molecule has 7 heteroatoms. The summed E-state index contributed by atoms with van der Waals surface area (Å²) in [5.41, 5.74) is 4.77. The molecule has 0 atom stereocenters. The Kier molecular flexibility index (Phi) is 6.44. The number of carbonyl (C=O) groups excluding carboxylic acids is 1. The molecule has 0 spiro atoms. The number of amides is 2. The highest BCUT2D eigenvalue weighted by Crippen LogP contribution is 2.25. The van der Waals surface area contributed by atoms with Crippen molar-refractivity contribution in [2.45, 2.75) is 13.8 Å². The molecule has 1 saturated heterocycles. The number of hydrogen-bond donors (Lipinski definition) is 1. The zero-order chi connectivity index (χ0) is 19.5. The molecule has 0 bridgehead atoms. The Hall–Kier alpha value is -2.99. The predicted octanol–water partition coefficient (Wildman–Crippen LogP) is 4.73. The second kappa shape index (κ2) is 9.01. The summed E-state index contributed by atoms with van der Waals surface area (Å²) >= 11 is 0. The minimum atomic E-state index is -0.145. The number of aromatic nitrogens is 1. The minimum Gasteiger partial charge on any atom is -0.368 e. The largest absolute Gasteiger partial charge is 0.368 e.